The van der Waals surface area contributed by atoms with E-state index in [0.717, 1.165) is 11.1 Å². The van der Waals surface area contributed by atoms with Crippen LogP contribution in [0.5, 0.6) is 0 Å². The molecule has 1 atom stereocenters. The fourth-order valence-electron chi connectivity index (χ4n) is 3.22. The van der Waals surface area contributed by atoms with Gasteiger partial charge < -0.3 is 4.90 Å². The lowest BCUT2D eigenvalue weighted by Crippen LogP contribution is -2.30. The lowest BCUT2D eigenvalue weighted by atomic mass is 9.98. The van der Waals surface area contributed by atoms with Crippen molar-refractivity contribution < 1.29 is 13.2 Å². The third kappa shape index (κ3) is 3.09. The van der Waals surface area contributed by atoms with Crippen molar-refractivity contribution >= 4 is 28.9 Å². The molecule has 1 unspecified atom stereocenters. The molecule has 127 valence electrons. The lowest BCUT2D eigenvalue weighted by molar-refractivity contribution is -0.137. The van der Waals surface area contributed by atoms with E-state index in [1.54, 1.807) is 19.1 Å². The first kappa shape index (κ1) is 17.4. The molecule has 0 bridgehead atoms. The van der Waals surface area contributed by atoms with Crippen LogP contribution in [0.25, 0.3) is 0 Å². The number of aryl methyl sites for hydroxylation is 1. The highest BCUT2D eigenvalue weighted by molar-refractivity contribution is 6.35. The summed E-state index contributed by atoms with van der Waals surface area (Å²) >= 11 is 12.4. The minimum atomic E-state index is -4.35. The molecule has 6 heteroatoms. The van der Waals surface area contributed by atoms with Crippen molar-refractivity contribution in [1.82, 2.24) is 0 Å². The van der Waals surface area contributed by atoms with E-state index in [1.165, 1.54) is 12.1 Å². The smallest absolute Gasteiger partial charge is 0.371 e. The number of fused-ring (bicyclic) bond motifs is 1. The minimum absolute atomic E-state index is 0.00739. The van der Waals surface area contributed by atoms with Gasteiger partial charge in [-0.2, -0.15) is 13.2 Å². The van der Waals surface area contributed by atoms with Crippen LogP contribution in [-0.4, -0.2) is 13.1 Å². The van der Waals surface area contributed by atoms with Crippen molar-refractivity contribution in [3.05, 3.63) is 62.6 Å². The van der Waals surface area contributed by atoms with E-state index in [0.29, 0.717) is 34.1 Å². The van der Waals surface area contributed by atoms with E-state index in [9.17, 15) is 13.2 Å². The molecule has 0 saturated carbocycles. The first-order valence-electron chi connectivity index (χ1n) is 7.46. The van der Waals surface area contributed by atoms with Gasteiger partial charge in [-0.1, -0.05) is 29.3 Å². The zero-order chi connectivity index (χ0) is 17.6. The van der Waals surface area contributed by atoms with E-state index in [2.05, 4.69) is 6.07 Å². The molecule has 1 aliphatic heterocycles. The van der Waals surface area contributed by atoms with Crippen molar-refractivity contribution in [2.24, 2.45) is 0 Å². The highest BCUT2D eigenvalue weighted by Crippen LogP contribution is 2.40. The quantitative estimate of drug-likeness (QED) is 0.650. The number of rotatable bonds is 2. The highest BCUT2D eigenvalue weighted by Gasteiger charge is 2.35. The Morgan fingerprint density at radius 1 is 1.29 bits per heavy atom. The SMILES string of the molecule is Cc1cc(C(F)(F)F)cc2c1CC(Cc1c(Cl)[c]ccc1Cl)N2C. The van der Waals surface area contributed by atoms with Gasteiger partial charge in [0.25, 0.3) is 0 Å². The Morgan fingerprint density at radius 2 is 2.00 bits per heavy atom. The Labute approximate surface area is 149 Å². The molecular weight excluding hydrogens is 358 g/mol. The van der Waals surface area contributed by atoms with Crippen molar-refractivity contribution in [3.8, 4) is 0 Å². The number of likely N-dealkylation sites (N-methyl/N-ethyl adjacent to an activating group) is 1. The van der Waals surface area contributed by atoms with Crippen LogP contribution in [-0.2, 0) is 19.0 Å². The molecule has 1 radical (unpaired) electrons. The van der Waals surface area contributed by atoms with Gasteiger partial charge in [0, 0.05) is 29.9 Å². The van der Waals surface area contributed by atoms with Crippen LogP contribution in [0.15, 0.2) is 24.3 Å². The topological polar surface area (TPSA) is 3.24 Å². The molecule has 2 aromatic rings. The summed E-state index contributed by atoms with van der Waals surface area (Å²) in [6.45, 7) is 1.72. The maximum atomic E-state index is 13.1. The molecule has 0 fully saturated rings. The Kier molecular flexibility index (Phi) is 4.47. The first-order chi connectivity index (χ1) is 11.2. The second-order valence-electron chi connectivity index (χ2n) is 6.08. The van der Waals surface area contributed by atoms with Crippen molar-refractivity contribution in [1.29, 1.82) is 0 Å². The van der Waals surface area contributed by atoms with Gasteiger partial charge in [0.1, 0.15) is 0 Å². The monoisotopic (exact) mass is 372 g/mol. The number of alkyl halides is 3. The van der Waals surface area contributed by atoms with E-state index in [4.69, 9.17) is 23.2 Å². The molecule has 0 spiro atoms. The lowest BCUT2D eigenvalue weighted by Gasteiger charge is -2.24. The largest absolute Gasteiger partial charge is 0.416 e. The van der Waals surface area contributed by atoms with Crippen molar-refractivity contribution in [3.63, 3.8) is 0 Å². The Hall–Kier alpha value is -1.39. The number of nitrogens with zero attached hydrogens (tertiary/aromatic N) is 1. The van der Waals surface area contributed by atoms with Gasteiger partial charge in [0.15, 0.2) is 0 Å². The van der Waals surface area contributed by atoms with Crippen LogP contribution in [0, 0.1) is 13.0 Å². The van der Waals surface area contributed by atoms with Crippen LogP contribution < -0.4 is 4.90 Å². The summed E-state index contributed by atoms with van der Waals surface area (Å²) in [5.74, 6) is 0. The van der Waals surface area contributed by atoms with E-state index >= 15 is 0 Å². The molecule has 0 aromatic heterocycles. The summed E-state index contributed by atoms with van der Waals surface area (Å²) in [5.41, 5.74) is 2.39. The van der Waals surface area contributed by atoms with Crippen LogP contribution in [0.2, 0.25) is 10.0 Å². The Bertz CT molecular complexity index is 766. The third-order valence-corrected chi connectivity index (χ3v) is 5.27. The number of hydrogen-bond donors (Lipinski definition) is 0. The van der Waals surface area contributed by atoms with Crippen molar-refractivity contribution in [2.45, 2.75) is 32.0 Å². The average Bonchev–Trinajstić information content (AvgIpc) is 2.80. The standard InChI is InChI=1S/C18H15Cl2F3N/c1-10-6-11(18(21,22)23)7-17-13(10)8-12(24(17)2)9-14-15(19)4-3-5-16(14)20/h3-4,6-7,12H,8-9H2,1-2H3. The number of halogens is 5. The van der Waals surface area contributed by atoms with Gasteiger partial charge in [-0.05, 0) is 54.7 Å². The molecule has 3 rings (SSSR count). The van der Waals surface area contributed by atoms with Crippen LogP contribution in [0.1, 0.15) is 22.3 Å². The normalized spacial score (nSPS) is 17.3. The number of anilines is 1. The van der Waals surface area contributed by atoms with Gasteiger partial charge in [-0.3, -0.25) is 0 Å². The fourth-order valence-corrected chi connectivity index (χ4v) is 3.75. The predicted octanol–water partition coefficient (Wildman–Crippen LogP) is 5.72. The second kappa shape index (κ2) is 6.16. The minimum Gasteiger partial charge on any atom is -0.371 e. The summed E-state index contributed by atoms with van der Waals surface area (Å²) in [6.07, 6.45) is -3.13. The zero-order valence-electron chi connectivity index (χ0n) is 13.1. The van der Waals surface area contributed by atoms with Gasteiger partial charge >= 0.3 is 6.18 Å². The molecule has 1 nitrogen and oxygen atoms in total. The maximum absolute atomic E-state index is 13.1. The number of benzene rings is 2. The molecule has 1 heterocycles. The highest BCUT2D eigenvalue weighted by atomic mass is 35.5. The van der Waals surface area contributed by atoms with Crippen LogP contribution in [0.4, 0.5) is 18.9 Å². The molecule has 2 aromatic carbocycles. The summed E-state index contributed by atoms with van der Waals surface area (Å²) in [5, 5.41) is 1.01. The number of hydrogen-bond acceptors (Lipinski definition) is 1. The molecule has 0 aliphatic carbocycles. The molecule has 0 saturated heterocycles. The second-order valence-corrected chi connectivity index (χ2v) is 6.86. The van der Waals surface area contributed by atoms with Crippen LogP contribution in [0.3, 0.4) is 0 Å². The van der Waals surface area contributed by atoms with E-state index < -0.39 is 11.7 Å². The van der Waals surface area contributed by atoms with Gasteiger partial charge in [0.05, 0.1) is 10.6 Å². The van der Waals surface area contributed by atoms with Gasteiger partial charge in [0.2, 0.25) is 0 Å². The zero-order valence-corrected chi connectivity index (χ0v) is 14.6. The molecule has 0 N–H and O–H groups in total. The summed E-state index contributed by atoms with van der Waals surface area (Å²) in [4.78, 5) is 1.89. The molecular formula is C18H15Cl2F3N. The third-order valence-electron chi connectivity index (χ3n) is 4.58. The van der Waals surface area contributed by atoms with Crippen LogP contribution >= 0.6 is 23.2 Å². The van der Waals surface area contributed by atoms with Crippen molar-refractivity contribution in [2.75, 3.05) is 11.9 Å². The van der Waals surface area contributed by atoms with Gasteiger partial charge in [-0.25, -0.2) is 0 Å². The molecule has 24 heavy (non-hydrogen) atoms. The van der Waals surface area contributed by atoms with E-state index in [1.807, 2.05) is 11.9 Å². The fraction of sp³-hybridized carbons (Fsp3) is 0.333. The summed E-state index contributed by atoms with van der Waals surface area (Å²) in [6, 6.07) is 8.72. The van der Waals surface area contributed by atoms with E-state index in [-0.39, 0.29) is 6.04 Å². The predicted molar refractivity (Wildman–Crippen MR) is 91.1 cm³/mol. The Balaban J connectivity index is 1.94. The molecule has 1 aliphatic rings. The summed E-state index contributed by atoms with van der Waals surface area (Å²) in [7, 11) is 1.81. The first-order valence-corrected chi connectivity index (χ1v) is 8.22. The Morgan fingerprint density at radius 3 is 2.62 bits per heavy atom. The van der Waals surface area contributed by atoms with Gasteiger partial charge in [-0.15, -0.1) is 0 Å². The average molecular weight is 373 g/mol. The molecule has 0 amide bonds. The summed E-state index contributed by atoms with van der Waals surface area (Å²) < 4.78 is 39.2. The maximum Gasteiger partial charge on any atom is 0.416 e.